The number of nitrogens with zero attached hydrogens (tertiary/aromatic N) is 1. The van der Waals surface area contributed by atoms with Gasteiger partial charge in [0.15, 0.2) is 0 Å². The first-order valence-electron chi connectivity index (χ1n) is 7.51. The number of halogens is 2. The Morgan fingerprint density at radius 1 is 1.09 bits per heavy atom. The van der Waals surface area contributed by atoms with E-state index in [9.17, 15) is 8.78 Å². The van der Waals surface area contributed by atoms with E-state index in [4.69, 9.17) is 0 Å². The van der Waals surface area contributed by atoms with Crippen LogP contribution in [-0.4, -0.2) is 18.5 Å². The Hall–Kier alpha value is -2.00. The quantitative estimate of drug-likeness (QED) is 0.800. The zero-order valence-corrected chi connectivity index (χ0v) is 12.8. The van der Waals surface area contributed by atoms with Crippen molar-refractivity contribution < 1.29 is 8.78 Å². The summed E-state index contributed by atoms with van der Waals surface area (Å²) >= 11 is 0. The van der Waals surface area contributed by atoms with Gasteiger partial charge >= 0.3 is 0 Å². The lowest BCUT2D eigenvalue weighted by Crippen LogP contribution is -2.38. The molecule has 1 atom stereocenters. The van der Waals surface area contributed by atoms with Gasteiger partial charge in [-0.25, -0.2) is 8.78 Å². The molecule has 0 N–H and O–H groups in total. The Labute approximate surface area is 129 Å². The van der Waals surface area contributed by atoms with Gasteiger partial charge in [0, 0.05) is 12.1 Å². The predicted octanol–water partition coefficient (Wildman–Crippen LogP) is 4.60. The summed E-state index contributed by atoms with van der Waals surface area (Å²) in [6, 6.07) is 13.8. The molecule has 3 heteroatoms. The molecule has 2 aromatic rings. The second kappa shape index (κ2) is 5.65. The zero-order valence-electron chi connectivity index (χ0n) is 12.8. The van der Waals surface area contributed by atoms with E-state index >= 15 is 0 Å². The first kappa shape index (κ1) is 14.9. The van der Waals surface area contributed by atoms with Gasteiger partial charge in [0.05, 0.1) is 5.54 Å². The van der Waals surface area contributed by atoms with Gasteiger partial charge in [-0.2, -0.15) is 0 Å². The normalized spacial score (nSPS) is 21.9. The molecular weight excluding hydrogens is 280 g/mol. The summed E-state index contributed by atoms with van der Waals surface area (Å²) in [4.78, 5) is 2.20. The van der Waals surface area contributed by atoms with Gasteiger partial charge in [0.2, 0.25) is 0 Å². The fraction of sp³-hybridized carbons (Fsp3) is 0.263. The van der Waals surface area contributed by atoms with Gasteiger partial charge in [0.1, 0.15) is 11.6 Å². The van der Waals surface area contributed by atoms with Crippen molar-refractivity contribution in [1.82, 2.24) is 4.90 Å². The monoisotopic (exact) mass is 299 g/mol. The maximum Gasteiger partial charge on any atom is 0.130 e. The van der Waals surface area contributed by atoms with Crippen LogP contribution in [0.3, 0.4) is 0 Å². The Morgan fingerprint density at radius 3 is 2.50 bits per heavy atom. The highest BCUT2D eigenvalue weighted by Crippen LogP contribution is 2.41. The average molecular weight is 299 g/mol. The molecule has 0 radical (unpaired) electrons. The molecule has 114 valence electrons. The van der Waals surface area contributed by atoms with Crippen LogP contribution in [0.15, 0.2) is 54.6 Å². The highest BCUT2D eigenvalue weighted by Gasteiger charge is 2.38. The Balaban J connectivity index is 2.11. The van der Waals surface area contributed by atoms with E-state index in [2.05, 4.69) is 30.0 Å². The van der Waals surface area contributed by atoms with Crippen molar-refractivity contribution in [3.8, 4) is 0 Å². The second-order valence-electron chi connectivity index (χ2n) is 5.79. The molecule has 2 aromatic carbocycles. The van der Waals surface area contributed by atoms with Crippen LogP contribution in [0, 0.1) is 11.6 Å². The van der Waals surface area contributed by atoms with E-state index in [1.807, 2.05) is 25.2 Å². The van der Waals surface area contributed by atoms with E-state index in [1.54, 1.807) is 0 Å². The molecule has 1 aliphatic heterocycles. The van der Waals surface area contributed by atoms with Gasteiger partial charge in [-0.3, -0.25) is 4.90 Å². The molecule has 22 heavy (non-hydrogen) atoms. The highest BCUT2D eigenvalue weighted by atomic mass is 19.1. The molecule has 1 nitrogen and oxygen atoms in total. The molecule has 1 aliphatic rings. The van der Waals surface area contributed by atoms with Crippen molar-refractivity contribution >= 4 is 5.57 Å². The van der Waals surface area contributed by atoms with Gasteiger partial charge in [0.25, 0.3) is 0 Å². The standard InChI is InChI=1S/C19H19F2N/c1-3-19(15-7-5-4-6-8-15)12-14(13-22(19)2)17-11-16(20)9-10-18(17)21/h4-12H,3,13H2,1-2H3. The molecule has 1 unspecified atom stereocenters. The molecule has 3 rings (SSSR count). The van der Waals surface area contributed by atoms with E-state index in [0.29, 0.717) is 12.1 Å². The summed E-state index contributed by atoms with van der Waals surface area (Å²) in [6.45, 7) is 2.72. The number of rotatable bonds is 3. The smallest absolute Gasteiger partial charge is 0.130 e. The topological polar surface area (TPSA) is 3.24 Å². The third kappa shape index (κ3) is 2.35. The maximum atomic E-state index is 14.1. The molecule has 0 bridgehead atoms. The van der Waals surface area contributed by atoms with E-state index in [0.717, 1.165) is 18.1 Å². The van der Waals surface area contributed by atoms with Crippen LogP contribution in [0.4, 0.5) is 8.78 Å². The van der Waals surface area contributed by atoms with Crippen LogP contribution in [0.1, 0.15) is 24.5 Å². The van der Waals surface area contributed by atoms with Crippen molar-refractivity contribution in [1.29, 1.82) is 0 Å². The minimum Gasteiger partial charge on any atom is -0.289 e. The summed E-state index contributed by atoms with van der Waals surface area (Å²) in [7, 11) is 2.03. The molecule has 0 amide bonds. The molecule has 0 aromatic heterocycles. The molecule has 0 aliphatic carbocycles. The Kier molecular flexibility index (Phi) is 3.83. The van der Waals surface area contributed by atoms with E-state index in [1.165, 1.54) is 17.7 Å². The maximum absolute atomic E-state index is 14.1. The van der Waals surface area contributed by atoms with Gasteiger partial charge in [-0.15, -0.1) is 0 Å². The lowest BCUT2D eigenvalue weighted by molar-refractivity contribution is 0.201. The Morgan fingerprint density at radius 2 is 1.82 bits per heavy atom. The van der Waals surface area contributed by atoms with E-state index in [-0.39, 0.29) is 11.4 Å². The fourth-order valence-electron chi connectivity index (χ4n) is 3.35. The van der Waals surface area contributed by atoms with Crippen molar-refractivity contribution in [2.45, 2.75) is 18.9 Å². The number of hydrogen-bond donors (Lipinski definition) is 0. The zero-order chi connectivity index (χ0) is 15.7. The van der Waals surface area contributed by atoms with Crippen LogP contribution in [0.5, 0.6) is 0 Å². The lowest BCUT2D eigenvalue weighted by atomic mass is 9.86. The van der Waals surface area contributed by atoms with Crippen LogP contribution in [-0.2, 0) is 5.54 Å². The summed E-state index contributed by atoms with van der Waals surface area (Å²) in [6.07, 6.45) is 2.95. The fourth-order valence-corrected chi connectivity index (χ4v) is 3.35. The lowest BCUT2D eigenvalue weighted by Gasteiger charge is -2.35. The average Bonchev–Trinajstić information content (AvgIpc) is 2.88. The summed E-state index contributed by atoms with van der Waals surface area (Å²) in [5.41, 5.74) is 2.10. The first-order valence-corrected chi connectivity index (χ1v) is 7.51. The summed E-state index contributed by atoms with van der Waals surface area (Å²) in [5.74, 6) is -0.783. The van der Waals surface area contributed by atoms with Gasteiger partial charge in [-0.1, -0.05) is 43.3 Å². The largest absolute Gasteiger partial charge is 0.289 e. The SMILES string of the molecule is CCC1(c2ccccc2)C=C(c2cc(F)ccc2F)CN1C. The highest BCUT2D eigenvalue weighted by molar-refractivity contribution is 5.72. The molecular formula is C19H19F2N. The molecule has 0 saturated heterocycles. The van der Waals surface area contributed by atoms with Crippen LogP contribution >= 0.6 is 0 Å². The number of hydrogen-bond acceptors (Lipinski definition) is 1. The van der Waals surface area contributed by atoms with Gasteiger partial charge in [-0.05, 0) is 42.8 Å². The number of benzene rings is 2. The summed E-state index contributed by atoms with van der Waals surface area (Å²) in [5, 5.41) is 0. The minimum absolute atomic E-state index is 0.269. The summed E-state index contributed by atoms with van der Waals surface area (Å²) < 4.78 is 27.6. The second-order valence-corrected chi connectivity index (χ2v) is 5.79. The molecule has 0 fully saturated rings. The van der Waals surface area contributed by atoms with E-state index < -0.39 is 5.82 Å². The third-order valence-electron chi connectivity index (χ3n) is 4.59. The first-order chi connectivity index (χ1) is 10.6. The van der Waals surface area contributed by atoms with Crippen LogP contribution < -0.4 is 0 Å². The third-order valence-corrected chi connectivity index (χ3v) is 4.59. The number of likely N-dealkylation sites (N-methyl/N-ethyl adjacent to an activating group) is 1. The van der Waals surface area contributed by atoms with Crippen molar-refractivity contribution in [2.24, 2.45) is 0 Å². The molecule has 1 heterocycles. The van der Waals surface area contributed by atoms with Gasteiger partial charge < -0.3 is 0 Å². The predicted molar refractivity (Wildman–Crippen MR) is 85.4 cm³/mol. The molecule has 0 spiro atoms. The minimum atomic E-state index is -0.409. The van der Waals surface area contributed by atoms with Crippen LogP contribution in [0.25, 0.3) is 5.57 Å². The Bertz CT molecular complexity index is 709. The van der Waals surface area contributed by atoms with Crippen molar-refractivity contribution in [3.63, 3.8) is 0 Å². The van der Waals surface area contributed by atoms with Crippen molar-refractivity contribution in [3.05, 3.63) is 77.4 Å². The van der Waals surface area contributed by atoms with Crippen LogP contribution in [0.2, 0.25) is 0 Å². The van der Waals surface area contributed by atoms with Crippen molar-refractivity contribution in [2.75, 3.05) is 13.6 Å². The molecule has 0 saturated carbocycles.